The molecule has 2 aromatic carbocycles. The van der Waals surface area contributed by atoms with E-state index < -0.39 is 17.7 Å². The van der Waals surface area contributed by atoms with Crippen molar-refractivity contribution in [2.75, 3.05) is 0 Å². The van der Waals surface area contributed by atoms with E-state index in [1.807, 2.05) is 6.92 Å². The van der Waals surface area contributed by atoms with Crippen LogP contribution in [0.5, 0.6) is 0 Å². The first kappa shape index (κ1) is 18.0. The lowest BCUT2D eigenvalue weighted by Crippen LogP contribution is -2.27. The Kier molecular flexibility index (Phi) is 5.62. The molecule has 0 heterocycles. The van der Waals surface area contributed by atoms with Crippen molar-refractivity contribution in [3.63, 3.8) is 0 Å². The minimum Gasteiger partial charge on any atom is -0.478 e. The fourth-order valence-electron chi connectivity index (χ4n) is 2.31. The Balaban J connectivity index is 1.86. The smallest absolute Gasteiger partial charge is 0.416 e. The van der Waals surface area contributed by atoms with Crippen LogP contribution in [0.1, 0.15) is 34.0 Å². The summed E-state index contributed by atoms with van der Waals surface area (Å²) in [5, 5.41) is 12.1. The number of carboxylic acid groups (broad SMARTS) is 1. The van der Waals surface area contributed by atoms with E-state index in [-0.39, 0.29) is 11.6 Å². The largest absolute Gasteiger partial charge is 0.478 e. The van der Waals surface area contributed by atoms with Crippen LogP contribution >= 0.6 is 0 Å². The second-order valence-corrected chi connectivity index (χ2v) is 5.68. The van der Waals surface area contributed by atoms with Crippen molar-refractivity contribution >= 4 is 5.97 Å². The van der Waals surface area contributed by atoms with Gasteiger partial charge in [0.15, 0.2) is 0 Å². The molecular formula is C18H18F3NO2. The number of aromatic carboxylic acids is 1. The van der Waals surface area contributed by atoms with Gasteiger partial charge < -0.3 is 10.4 Å². The average Bonchev–Trinajstić information content (AvgIpc) is 2.53. The zero-order chi connectivity index (χ0) is 17.7. The molecule has 2 N–H and O–H groups in total. The second kappa shape index (κ2) is 7.49. The van der Waals surface area contributed by atoms with E-state index in [0.717, 1.165) is 23.3 Å². The summed E-state index contributed by atoms with van der Waals surface area (Å²) in [5.41, 5.74) is 1.35. The van der Waals surface area contributed by atoms with Crippen LogP contribution in [0.3, 0.4) is 0 Å². The predicted octanol–water partition coefficient (Wildman–Crippen LogP) is 4.12. The minimum absolute atomic E-state index is 0.0703. The lowest BCUT2D eigenvalue weighted by Gasteiger charge is -2.15. The summed E-state index contributed by atoms with van der Waals surface area (Å²) in [7, 11) is 0. The van der Waals surface area contributed by atoms with Gasteiger partial charge >= 0.3 is 12.1 Å². The molecule has 0 saturated carbocycles. The number of rotatable bonds is 6. The minimum atomic E-state index is -4.31. The van der Waals surface area contributed by atoms with Gasteiger partial charge in [-0.25, -0.2) is 4.79 Å². The Labute approximate surface area is 138 Å². The maximum Gasteiger partial charge on any atom is 0.416 e. The van der Waals surface area contributed by atoms with Crippen LogP contribution in [-0.2, 0) is 19.1 Å². The van der Waals surface area contributed by atoms with Crippen LogP contribution in [0.2, 0.25) is 0 Å². The maximum atomic E-state index is 12.5. The van der Waals surface area contributed by atoms with E-state index in [1.54, 1.807) is 24.3 Å². The third-order valence-electron chi connectivity index (χ3n) is 3.68. The molecule has 0 aliphatic carbocycles. The van der Waals surface area contributed by atoms with Crippen molar-refractivity contribution < 1.29 is 23.1 Å². The molecule has 6 heteroatoms. The quantitative estimate of drug-likeness (QED) is 0.833. The van der Waals surface area contributed by atoms with E-state index in [1.165, 1.54) is 12.1 Å². The zero-order valence-electron chi connectivity index (χ0n) is 13.1. The van der Waals surface area contributed by atoms with E-state index in [2.05, 4.69) is 5.32 Å². The lowest BCUT2D eigenvalue weighted by molar-refractivity contribution is -0.137. The molecule has 2 rings (SSSR count). The maximum absolute atomic E-state index is 12.5. The summed E-state index contributed by atoms with van der Waals surface area (Å²) in [6.07, 6.45) is -3.71. The highest BCUT2D eigenvalue weighted by Crippen LogP contribution is 2.29. The molecule has 0 amide bonds. The van der Waals surface area contributed by atoms with Crippen molar-refractivity contribution in [1.82, 2.24) is 5.32 Å². The van der Waals surface area contributed by atoms with Crippen LogP contribution in [0.4, 0.5) is 13.2 Å². The van der Waals surface area contributed by atoms with Gasteiger partial charge in [0.2, 0.25) is 0 Å². The molecule has 128 valence electrons. The first-order chi connectivity index (χ1) is 11.3. The van der Waals surface area contributed by atoms with Gasteiger partial charge in [0, 0.05) is 12.6 Å². The van der Waals surface area contributed by atoms with Crippen molar-refractivity contribution in [2.24, 2.45) is 0 Å². The van der Waals surface area contributed by atoms with Crippen molar-refractivity contribution in [1.29, 1.82) is 0 Å². The summed E-state index contributed by atoms with van der Waals surface area (Å²) in [5.74, 6) is -0.967. The Morgan fingerprint density at radius 3 is 2.08 bits per heavy atom. The number of carbonyl (C=O) groups is 1. The van der Waals surface area contributed by atoms with Gasteiger partial charge in [-0.3, -0.25) is 0 Å². The van der Waals surface area contributed by atoms with Crippen molar-refractivity contribution in [3.8, 4) is 0 Å². The summed E-state index contributed by atoms with van der Waals surface area (Å²) >= 11 is 0. The normalized spacial score (nSPS) is 12.8. The topological polar surface area (TPSA) is 49.3 Å². The number of hydrogen-bond acceptors (Lipinski definition) is 2. The van der Waals surface area contributed by atoms with E-state index in [4.69, 9.17) is 5.11 Å². The van der Waals surface area contributed by atoms with Crippen LogP contribution in [0.15, 0.2) is 48.5 Å². The number of alkyl halides is 3. The molecule has 1 unspecified atom stereocenters. The van der Waals surface area contributed by atoms with E-state index in [9.17, 15) is 18.0 Å². The zero-order valence-corrected chi connectivity index (χ0v) is 13.1. The number of hydrogen-bond donors (Lipinski definition) is 2. The Morgan fingerprint density at radius 2 is 1.58 bits per heavy atom. The number of benzene rings is 2. The summed E-state index contributed by atoms with van der Waals surface area (Å²) < 4.78 is 37.6. The molecule has 2 aromatic rings. The monoisotopic (exact) mass is 337 g/mol. The fraction of sp³-hybridized carbons (Fsp3) is 0.278. The highest BCUT2D eigenvalue weighted by molar-refractivity contribution is 5.87. The summed E-state index contributed by atoms with van der Waals surface area (Å²) in [6, 6.07) is 11.8. The molecule has 24 heavy (non-hydrogen) atoms. The molecule has 0 saturated heterocycles. The fourth-order valence-corrected chi connectivity index (χ4v) is 2.31. The number of nitrogens with one attached hydrogen (secondary N) is 1. The molecule has 0 aromatic heterocycles. The molecule has 3 nitrogen and oxygen atoms in total. The van der Waals surface area contributed by atoms with Gasteiger partial charge in [0.1, 0.15) is 0 Å². The SMILES string of the molecule is CC(Cc1ccc(C(F)(F)F)cc1)NCc1ccc(C(=O)O)cc1. The van der Waals surface area contributed by atoms with Crippen LogP contribution in [0.25, 0.3) is 0 Å². The molecule has 1 atom stereocenters. The van der Waals surface area contributed by atoms with E-state index in [0.29, 0.717) is 13.0 Å². The van der Waals surface area contributed by atoms with Crippen LogP contribution in [-0.4, -0.2) is 17.1 Å². The number of halogens is 3. The molecule has 0 radical (unpaired) electrons. The third-order valence-corrected chi connectivity index (χ3v) is 3.68. The van der Waals surface area contributed by atoms with Crippen molar-refractivity contribution in [3.05, 3.63) is 70.8 Å². The molecule has 0 aliphatic heterocycles. The lowest BCUT2D eigenvalue weighted by atomic mass is 10.0. The van der Waals surface area contributed by atoms with E-state index >= 15 is 0 Å². The van der Waals surface area contributed by atoms with Gasteiger partial charge in [-0.15, -0.1) is 0 Å². The first-order valence-corrected chi connectivity index (χ1v) is 7.47. The Bertz CT molecular complexity index is 679. The van der Waals surface area contributed by atoms with Gasteiger partial charge in [-0.2, -0.15) is 13.2 Å². The first-order valence-electron chi connectivity index (χ1n) is 7.47. The summed E-state index contributed by atoms with van der Waals surface area (Å²) in [6.45, 7) is 2.50. The molecule has 0 bridgehead atoms. The van der Waals surface area contributed by atoms with Crippen LogP contribution < -0.4 is 5.32 Å². The second-order valence-electron chi connectivity index (χ2n) is 5.68. The number of carboxylic acids is 1. The molecular weight excluding hydrogens is 319 g/mol. The van der Waals surface area contributed by atoms with Gasteiger partial charge in [0.05, 0.1) is 11.1 Å². The van der Waals surface area contributed by atoms with Crippen molar-refractivity contribution in [2.45, 2.75) is 32.1 Å². The molecule has 0 fully saturated rings. The van der Waals surface area contributed by atoms with Gasteiger partial charge in [0.25, 0.3) is 0 Å². The molecule has 0 aliphatic rings. The summed E-state index contributed by atoms with van der Waals surface area (Å²) in [4.78, 5) is 10.8. The Morgan fingerprint density at radius 1 is 1.04 bits per heavy atom. The van der Waals surface area contributed by atoms with Crippen LogP contribution in [0, 0.1) is 0 Å². The highest BCUT2D eigenvalue weighted by Gasteiger charge is 2.29. The standard InChI is InChI=1S/C18H18F3NO2/c1-12(10-13-4-8-16(9-5-13)18(19,20)21)22-11-14-2-6-15(7-3-14)17(23)24/h2-9,12,22H,10-11H2,1H3,(H,23,24). The van der Waals surface area contributed by atoms with Gasteiger partial charge in [-0.05, 0) is 48.7 Å². The highest BCUT2D eigenvalue weighted by atomic mass is 19.4. The third kappa shape index (κ3) is 5.09. The average molecular weight is 337 g/mol. The Hall–Kier alpha value is -2.34. The molecule has 0 spiro atoms. The van der Waals surface area contributed by atoms with Gasteiger partial charge in [-0.1, -0.05) is 24.3 Å². The predicted molar refractivity (Wildman–Crippen MR) is 84.9 cm³/mol.